The Morgan fingerprint density at radius 1 is 1.15 bits per heavy atom. The van der Waals surface area contributed by atoms with Gasteiger partial charge < -0.3 is 14.6 Å². The van der Waals surface area contributed by atoms with Crippen LogP contribution in [0.3, 0.4) is 0 Å². The molecule has 1 N–H and O–H groups in total. The fourth-order valence-corrected chi connectivity index (χ4v) is 3.08. The molecule has 1 aromatic carbocycles. The Bertz CT molecular complexity index is 612. The van der Waals surface area contributed by atoms with E-state index in [0.717, 1.165) is 30.4 Å². The number of hydrogen-bond donors (Lipinski definition) is 1. The van der Waals surface area contributed by atoms with Crippen LogP contribution in [0.4, 0.5) is 0 Å². The van der Waals surface area contributed by atoms with Crippen molar-refractivity contribution < 1.29 is 9.90 Å². The molecular formula is C16H20N2O2. The molecule has 3 rings (SSSR count). The molecule has 1 aliphatic rings. The lowest BCUT2D eigenvalue weighted by Crippen LogP contribution is -2.21. The zero-order valence-electron chi connectivity index (χ0n) is 11.6. The number of carboxylic acid groups (broad SMARTS) is 1. The fourth-order valence-electron chi connectivity index (χ4n) is 3.08. The Morgan fingerprint density at radius 2 is 1.95 bits per heavy atom. The molecule has 1 aromatic heterocycles. The molecule has 106 valence electrons. The highest BCUT2D eigenvalue weighted by molar-refractivity contribution is 6.02. The van der Waals surface area contributed by atoms with Gasteiger partial charge in [0.2, 0.25) is 0 Å². The Kier molecular flexibility index (Phi) is 3.74. The van der Waals surface area contributed by atoms with Crippen molar-refractivity contribution in [2.45, 2.75) is 25.8 Å². The molecule has 0 aliphatic carbocycles. The van der Waals surface area contributed by atoms with Crippen LogP contribution >= 0.6 is 0 Å². The largest absolute Gasteiger partial charge is 0.478 e. The minimum atomic E-state index is -0.856. The van der Waals surface area contributed by atoms with E-state index in [4.69, 9.17) is 0 Å². The summed E-state index contributed by atoms with van der Waals surface area (Å²) in [5.41, 5.74) is 1.41. The number of carbonyl (C=O) groups is 1. The highest BCUT2D eigenvalue weighted by Gasteiger charge is 2.12. The van der Waals surface area contributed by atoms with Crippen molar-refractivity contribution in [1.82, 2.24) is 9.47 Å². The van der Waals surface area contributed by atoms with Crippen molar-refractivity contribution in [3.05, 3.63) is 36.0 Å². The third kappa shape index (κ3) is 2.56. The first kappa shape index (κ1) is 13.2. The van der Waals surface area contributed by atoms with Crippen molar-refractivity contribution in [3.63, 3.8) is 0 Å². The van der Waals surface area contributed by atoms with Gasteiger partial charge in [-0.05, 0) is 57.1 Å². The summed E-state index contributed by atoms with van der Waals surface area (Å²) in [5, 5.41) is 10.0. The van der Waals surface area contributed by atoms with Gasteiger partial charge >= 0.3 is 5.97 Å². The van der Waals surface area contributed by atoms with Crippen molar-refractivity contribution in [2.24, 2.45) is 0 Å². The number of carboxylic acids is 1. The van der Waals surface area contributed by atoms with E-state index in [2.05, 4.69) is 9.47 Å². The van der Waals surface area contributed by atoms with E-state index in [1.54, 1.807) is 6.07 Å². The Labute approximate surface area is 118 Å². The number of benzene rings is 1. The number of fused-ring (bicyclic) bond motifs is 1. The Hall–Kier alpha value is -1.81. The van der Waals surface area contributed by atoms with Crippen LogP contribution in [0.5, 0.6) is 0 Å². The lowest BCUT2D eigenvalue weighted by molar-refractivity contribution is 0.0699. The van der Waals surface area contributed by atoms with E-state index in [1.807, 2.05) is 24.4 Å². The molecule has 4 heteroatoms. The minimum Gasteiger partial charge on any atom is -0.478 e. The third-order valence-corrected chi connectivity index (χ3v) is 4.12. The number of aryl methyl sites for hydroxylation is 1. The fraction of sp³-hybridized carbons (Fsp3) is 0.438. The number of aromatic carboxylic acids is 1. The highest BCUT2D eigenvalue weighted by Crippen LogP contribution is 2.21. The van der Waals surface area contributed by atoms with Crippen LogP contribution in [0.1, 0.15) is 29.6 Å². The molecule has 0 unspecified atom stereocenters. The molecule has 2 aromatic rings. The molecule has 4 nitrogen and oxygen atoms in total. The van der Waals surface area contributed by atoms with E-state index in [9.17, 15) is 9.90 Å². The van der Waals surface area contributed by atoms with Crippen LogP contribution in [0.15, 0.2) is 30.5 Å². The second kappa shape index (κ2) is 5.67. The Balaban J connectivity index is 1.72. The average molecular weight is 272 g/mol. The maximum absolute atomic E-state index is 11.2. The van der Waals surface area contributed by atoms with Gasteiger partial charge in [0.25, 0.3) is 0 Å². The third-order valence-electron chi connectivity index (χ3n) is 4.12. The van der Waals surface area contributed by atoms with E-state index in [0.29, 0.717) is 5.56 Å². The van der Waals surface area contributed by atoms with Gasteiger partial charge in [-0.1, -0.05) is 6.07 Å². The summed E-state index contributed by atoms with van der Waals surface area (Å²) in [4.78, 5) is 13.7. The average Bonchev–Trinajstić information content (AvgIpc) is 3.08. The zero-order chi connectivity index (χ0) is 13.9. The number of aromatic nitrogens is 1. The summed E-state index contributed by atoms with van der Waals surface area (Å²) in [6.07, 6.45) is 5.77. The molecule has 0 atom stereocenters. The molecule has 1 fully saturated rings. The molecule has 0 amide bonds. The first-order valence-electron chi connectivity index (χ1n) is 7.29. The van der Waals surface area contributed by atoms with E-state index < -0.39 is 5.97 Å². The lowest BCUT2D eigenvalue weighted by atomic mass is 10.1. The molecular weight excluding hydrogens is 252 g/mol. The highest BCUT2D eigenvalue weighted by atomic mass is 16.4. The summed E-state index contributed by atoms with van der Waals surface area (Å²) in [7, 11) is 0. The summed E-state index contributed by atoms with van der Waals surface area (Å²) in [6.45, 7) is 4.55. The van der Waals surface area contributed by atoms with Gasteiger partial charge in [0.15, 0.2) is 0 Å². The topological polar surface area (TPSA) is 45.5 Å². The van der Waals surface area contributed by atoms with Crippen molar-refractivity contribution in [3.8, 4) is 0 Å². The van der Waals surface area contributed by atoms with E-state index >= 15 is 0 Å². The van der Waals surface area contributed by atoms with Crippen LogP contribution in [-0.4, -0.2) is 40.2 Å². The van der Waals surface area contributed by atoms with Crippen molar-refractivity contribution in [1.29, 1.82) is 0 Å². The Morgan fingerprint density at radius 3 is 2.70 bits per heavy atom. The molecule has 2 heterocycles. The number of likely N-dealkylation sites (tertiary alicyclic amines) is 1. The maximum atomic E-state index is 11.2. The minimum absolute atomic E-state index is 0.390. The van der Waals surface area contributed by atoms with Crippen LogP contribution in [0, 0.1) is 0 Å². The van der Waals surface area contributed by atoms with Gasteiger partial charge in [-0.3, -0.25) is 0 Å². The number of nitrogens with zero attached hydrogens (tertiary/aromatic N) is 2. The first-order valence-corrected chi connectivity index (χ1v) is 7.29. The summed E-state index contributed by atoms with van der Waals surface area (Å²) in [6, 6.07) is 7.40. The van der Waals surface area contributed by atoms with Gasteiger partial charge in [0.1, 0.15) is 0 Å². The maximum Gasteiger partial charge on any atom is 0.336 e. The van der Waals surface area contributed by atoms with Crippen LogP contribution in [0.2, 0.25) is 0 Å². The predicted molar refractivity (Wildman–Crippen MR) is 79.2 cm³/mol. The molecule has 1 saturated heterocycles. The van der Waals surface area contributed by atoms with Crippen LogP contribution in [-0.2, 0) is 6.54 Å². The molecule has 20 heavy (non-hydrogen) atoms. The smallest absolute Gasteiger partial charge is 0.336 e. The monoisotopic (exact) mass is 272 g/mol. The van der Waals surface area contributed by atoms with Gasteiger partial charge in [0, 0.05) is 23.6 Å². The standard InChI is InChI=1S/C16H20N2O2/c19-16(20)14-5-3-6-15-13(14)7-12-18(15)11-4-10-17-8-1-2-9-17/h3,5-7,12H,1-2,4,8-11H2,(H,19,20). The zero-order valence-corrected chi connectivity index (χ0v) is 11.6. The summed E-state index contributed by atoms with van der Waals surface area (Å²) >= 11 is 0. The second-order valence-corrected chi connectivity index (χ2v) is 5.45. The van der Waals surface area contributed by atoms with Gasteiger partial charge in [-0.2, -0.15) is 0 Å². The molecule has 0 bridgehead atoms. The second-order valence-electron chi connectivity index (χ2n) is 5.45. The van der Waals surface area contributed by atoms with Crippen molar-refractivity contribution >= 4 is 16.9 Å². The number of hydrogen-bond acceptors (Lipinski definition) is 2. The molecule has 1 aliphatic heterocycles. The normalized spacial score (nSPS) is 16.0. The van der Waals surface area contributed by atoms with E-state index in [1.165, 1.54) is 25.9 Å². The van der Waals surface area contributed by atoms with Gasteiger partial charge in [0.05, 0.1) is 5.56 Å². The number of rotatable bonds is 5. The predicted octanol–water partition coefficient (Wildman–Crippen LogP) is 2.83. The quantitative estimate of drug-likeness (QED) is 0.910. The summed E-state index contributed by atoms with van der Waals surface area (Å²) in [5.74, 6) is -0.856. The molecule has 0 radical (unpaired) electrons. The van der Waals surface area contributed by atoms with Crippen LogP contribution < -0.4 is 0 Å². The first-order chi connectivity index (χ1) is 9.75. The van der Waals surface area contributed by atoms with Gasteiger partial charge in [-0.15, -0.1) is 0 Å². The van der Waals surface area contributed by atoms with Crippen LogP contribution in [0.25, 0.3) is 10.9 Å². The molecule has 0 saturated carbocycles. The van der Waals surface area contributed by atoms with Gasteiger partial charge in [-0.25, -0.2) is 4.79 Å². The van der Waals surface area contributed by atoms with E-state index in [-0.39, 0.29) is 0 Å². The SMILES string of the molecule is O=C(O)c1cccc2c1ccn2CCCN1CCCC1. The molecule has 0 spiro atoms. The van der Waals surface area contributed by atoms with Crippen molar-refractivity contribution in [2.75, 3.05) is 19.6 Å². The lowest BCUT2D eigenvalue weighted by Gasteiger charge is -2.14. The summed E-state index contributed by atoms with van der Waals surface area (Å²) < 4.78 is 2.16.